The molecule has 1 atom stereocenters. The van der Waals surface area contributed by atoms with Crippen LogP contribution < -0.4 is 0 Å². The predicted octanol–water partition coefficient (Wildman–Crippen LogP) is 6.42. The summed E-state index contributed by atoms with van der Waals surface area (Å²) >= 11 is 0. The van der Waals surface area contributed by atoms with Crippen LogP contribution in [0.3, 0.4) is 0 Å². The Morgan fingerprint density at radius 2 is 1.63 bits per heavy atom. The normalized spacial score (nSPS) is 21.9. The number of hydrogen-bond acceptors (Lipinski definition) is 4. The highest BCUT2D eigenvalue weighted by Crippen LogP contribution is 2.43. The largest absolute Gasteiger partial charge is 0.412 e. The molecule has 0 bridgehead atoms. The van der Waals surface area contributed by atoms with Gasteiger partial charge in [0.15, 0.2) is 14.1 Å². The molecule has 4 rings (SSSR count). The molecule has 0 unspecified atom stereocenters. The van der Waals surface area contributed by atoms with Gasteiger partial charge in [0.2, 0.25) is 0 Å². The first-order chi connectivity index (χ1) is 16.2. The highest BCUT2D eigenvalue weighted by Gasteiger charge is 2.54. The van der Waals surface area contributed by atoms with Crippen molar-refractivity contribution < 1.29 is 18.7 Å². The lowest BCUT2D eigenvalue weighted by atomic mass is 9.95. The Morgan fingerprint density at radius 3 is 2.20 bits per heavy atom. The van der Waals surface area contributed by atoms with E-state index in [1.807, 2.05) is 55.1 Å². The molecule has 35 heavy (non-hydrogen) atoms. The SMILES string of the molecule is Cc1ccccc1-c1ccc(C(=O)N2C[C@H](O[Si](C)(C)C(C)(C)C)CC23COC(C)(C)OC3)cc1. The monoisotopic (exact) mass is 495 g/mol. The molecule has 2 aromatic rings. The fourth-order valence-electron chi connectivity index (χ4n) is 4.78. The number of nitrogens with zero attached hydrogens (tertiary/aromatic N) is 1. The van der Waals surface area contributed by atoms with Crippen LogP contribution in [0.4, 0.5) is 0 Å². The van der Waals surface area contributed by atoms with Crippen LogP contribution in [0, 0.1) is 6.92 Å². The quantitative estimate of drug-likeness (QED) is 0.459. The maximum absolute atomic E-state index is 13.9. The highest BCUT2D eigenvalue weighted by atomic mass is 28.4. The third-order valence-corrected chi connectivity index (χ3v) is 12.6. The van der Waals surface area contributed by atoms with Crippen molar-refractivity contribution in [3.63, 3.8) is 0 Å². The van der Waals surface area contributed by atoms with Gasteiger partial charge in [-0.2, -0.15) is 0 Å². The predicted molar refractivity (Wildman–Crippen MR) is 143 cm³/mol. The van der Waals surface area contributed by atoms with Gasteiger partial charge in [-0.05, 0) is 67.7 Å². The molecule has 0 radical (unpaired) electrons. The van der Waals surface area contributed by atoms with Crippen molar-refractivity contribution in [3.8, 4) is 11.1 Å². The number of ether oxygens (including phenoxy) is 2. The minimum atomic E-state index is -1.99. The molecule has 0 N–H and O–H groups in total. The maximum atomic E-state index is 13.9. The van der Waals surface area contributed by atoms with Gasteiger partial charge in [-0.15, -0.1) is 0 Å². The van der Waals surface area contributed by atoms with E-state index in [0.717, 1.165) is 12.0 Å². The van der Waals surface area contributed by atoms with E-state index in [2.05, 4.69) is 52.9 Å². The van der Waals surface area contributed by atoms with Crippen molar-refractivity contribution in [2.45, 2.75) is 83.5 Å². The summed E-state index contributed by atoms with van der Waals surface area (Å²) in [6, 6.07) is 16.3. The lowest BCUT2D eigenvalue weighted by Gasteiger charge is -2.45. The number of rotatable bonds is 4. The molecule has 2 heterocycles. The average Bonchev–Trinajstić information content (AvgIpc) is 3.12. The van der Waals surface area contributed by atoms with E-state index in [1.54, 1.807) is 0 Å². The summed E-state index contributed by atoms with van der Waals surface area (Å²) in [7, 11) is -1.99. The molecule has 1 amide bonds. The summed E-state index contributed by atoms with van der Waals surface area (Å²) in [4.78, 5) is 15.8. The van der Waals surface area contributed by atoms with Gasteiger partial charge >= 0.3 is 0 Å². The molecule has 2 saturated heterocycles. The second-order valence-corrected chi connectivity index (χ2v) is 17.0. The molecule has 0 aromatic heterocycles. The molecule has 1 spiro atoms. The van der Waals surface area contributed by atoms with E-state index in [9.17, 15) is 4.79 Å². The van der Waals surface area contributed by atoms with E-state index in [0.29, 0.717) is 25.3 Å². The number of likely N-dealkylation sites (tertiary alicyclic amines) is 1. The van der Waals surface area contributed by atoms with Crippen LogP contribution in [0.25, 0.3) is 11.1 Å². The first kappa shape index (κ1) is 26.1. The molecule has 0 saturated carbocycles. The van der Waals surface area contributed by atoms with Crippen LogP contribution in [-0.2, 0) is 13.9 Å². The van der Waals surface area contributed by atoms with Gasteiger partial charge < -0.3 is 18.8 Å². The summed E-state index contributed by atoms with van der Waals surface area (Å²) < 4.78 is 19.0. The van der Waals surface area contributed by atoms with Crippen molar-refractivity contribution in [2.75, 3.05) is 19.8 Å². The van der Waals surface area contributed by atoms with Crippen molar-refractivity contribution in [1.29, 1.82) is 0 Å². The van der Waals surface area contributed by atoms with E-state index in [4.69, 9.17) is 13.9 Å². The molecular weight excluding hydrogens is 454 g/mol. The number of hydrogen-bond donors (Lipinski definition) is 0. The van der Waals surface area contributed by atoms with Crippen LogP contribution in [0.1, 0.15) is 57.0 Å². The van der Waals surface area contributed by atoms with Crippen LogP contribution >= 0.6 is 0 Å². The topological polar surface area (TPSA) is 48.0 Å². The second-order valence-electron chi connectivity index (χ2n) is 12.2. The summed E-state index contributed by atoms with van der Waals surface area (Å²) in [6.07, 6.45) is 0.697. The summed E-state index contributed by atoms with van der Waals surface area (Å²) in [5, 5.41) is 0.102. The third kappa shape index (κ3) is 5.26. The minimum absolute atomic E-state index is 0.00886. The van der Waals surface area contributed by atoms with Gasteiger partial charge in [0.1, 0.15) is 0 Å². The number of carbonyl (C=O) groups is 1. The Kier molecular flexibility index (Phi) is 6.81. The number of benzene rings is 2. The Balaban J connectivity index is 1.60. The molecule has 190 valence electrons. The second kappa shape index (κ2) is 9.15. The first-order valence-corrected chi connectivity index (χ1v) is 15.6. The molecule has 2 aliphatic rings. The van der Waals surface area contributed by atoms with Gasteiger partial charge in [-0.3, -0.25) is 4.79 Å². The van der Waals surface area contributed by atoms with Crippen molar-refractivity contribution >= 4 is 14.2 Å². The Labute approximate surface area is 211 Å². The number of aryl methyl sites for hydroxylation is 1. The number of carbonyl (C=O) groups excluding carboxylic acids is 1. The molecule has 6 heteroatoms. The third-order valence-electron chi connectivity index (χ3n) is 8.04. The van der Waals surface area contributed by atoms with Crippen molar-refractivity contribution in [2.24, 2.45) is 0 Å². The summed E-state index contributed by atoms with van der Waals surface area (Å²) in [5.41, 5.74) is 3.67. The molecule has 2 aromatic carbocycles. The van der Waals surface area contributed by atoms with Crippen molar-refractivity contribution in [1.82, 2.24) is 4.90 Å². The van der Waals surface area contributed by atoms with Crippen LogP contribution in [0.2, 0.25) is 18.1 Å². The van der Waals surface area contributed by atoms with E-state index in [-0.39, 0.29) is 17.0 Å². The smallest absolute Gasteiger partial charge is 0.254 e. The molecule has 2 aliphatic heterocycles. The molecule has 2 fully saturated rings. The summed E-state index contributed by atoms with van der Waals surface area (Å²) in [6.45, 7) is 18.7. The minimum Gasteiger partial charge on any atom is -0.412 e. The lowest BCUT2D eigenvalue weighted by Crippen LogP contribution is -2.59. The van der Waals surface area contributed by atoms with Gasteiger partial charge in [0, 0.05) is 18.5 Å². The lowest BCUT2D eigenvalue weighted by molar-refractivity contribution is -0.279. The first-order valence-electron chi connectivity index (χ1n) is 12.7. The van der Waals surface area contributed by atoms with Gasteiger partial charge in [-0.25, -0.2) is 0 Å². The van der Waals surface area contributed by atoms with Crippen molar-refractivity contribution in [3.05, 3.63) is 59.7 Å². The van der Waals surface area contributed by atoms with E-state index >= 15 is 0 Å². The molecule has 5 nitrogen and oxygen atoms in total. The van der Waals surface area contributed by atoms with Gasteiger partial charge in [0.25, 0.3) is 5.91 Å². The van der Waals surface area contributed by atoms with E-state index in [1.165, 1.54) is 11.1 Å². The molecular formula is C29H41NO4Si. The Bertz CT molecular complexity index is 1060. The average molecular weight is 496 g/mol. The zero-order chi connectivity index (χ0) is 25.6. The standard InChI is InChI=1S/C29H41NO4Si/c1-21-11-9-10-12-25(21)22-13-15-23(16-14-22)26(31)30-18-24(34-35(7,8)27(2,3)4)17-29(30)19-32-28(5,6)33-20-29/h9-16,24H,17-20H2,1-8H3/t24-/m1/s1. The fourth-order valence-corrected chi connectivity index (χ4v) is 6.13. The zero-order valence-electron chi connectivity index (χ0n) is 22.6. The Hall–Kier alpha value is -1.99. The molecule has 0 aliphatic carbocycles. The van der Waals surface area contributed by atoms with Gasteiger partial charge in [0.05, 0.1) is 24.9 Å². The zero-order valence-corrected chi connectivity index (χ0v) is 23.6. The van der Waals surface area contributed by atoms with E-state index < -0.39 is 19.6 Å². The summed E-state index contributed by atoms with van der Waals surface area (Å²) in [5.74, 6) is -0.636. The Morgan fingerprint density at radius 1 is 1.03 bits per heavy atom. The van der Waals surface area contributed by atoms with Crippen LogP contribution in [-0.4, -0.2) is 56.3 Å². The fraction of sp³-hybridized carbons (Fsp3) is 0.552. The maximum Gasteiger partial charge on any atom is 0.254 e. The van der Waals surface area contributed by atoms with Gasteiger partial charge in [-0.1, -0.05) is 57.2 Å². The number of amides is 1. The van der Waals surface area contributed by atoms with Crippen LogP contribution in [0.15, 0.2) is 48.5 Å². The highest BCUT2D eigenvalue weighted by molar-refractivity contribution is 6.74. The van der Waals surface area contributed by atoms with Crippen LogP contribution in [0.5, 0.6) is 0 Å².